The van der Waals surface area contributed by atoms with Crippen molar-refractivity contribution in [3.63, 3.8) is 0 Å². The average molecular weight is 333 g/mol. The van der Waals surface area contributed by atoms with Gasteiger partial charge in [-0.2, -0.15) is 0 Å². The number of benzene rings is 1. The number of anilines is 1. The van der Waals surface area contributed by atoms with E-state index >= 15 is 0 Å². The van der Waals surface area contributed by atoms with Crippen molar-refractivity contribution < 1.29 is 9.90 Å². The van der Waals surface area contributed by atoms with E-state index in [1.54, 1.807) is 0 Å². The van der Waals surface area contributed by atoms with E-state index in [2.05, 4.69) is 29.4 Å². The first-order valence-corrected chi connectivity index (χ1v) is 8.95. The Labute approximate surface area is 145 Å². The number of hydrogen-bond donors (Lipinski definition) is 3. The Morgan fingerprint density at radius 2 is 2.08 bits per heavy atom. The van der Waals surface area contributed by atoms with Gasteiger partial charge in [0.25, 0.3) is 0 Å². The van der Waals surface area contributed by atoms with Crippen LogP contribution >= 0.6 is 0 Å². The van der Waals surface area contributed by atoms with Gasteiger partial charge in [0, 0.05) is 31.7 Å². The van der Waals surface area contributed by atoms with Gasteiger partial charge in [-0.3, -0.25) is 4.79 Å². The van der Waals surface area contributed by atoms with E-state index < -0.39 is 0 Å². The Kier molecular flexibility index (Phi) is 7.21. The highest BCUT2D eigenvalue weighted by Crippen LogP contribution is 2.18. The lowest BCUT2D eigenvalue weighted by Gasteiger charge is -2.32. The van der Waals surface area contributed by atoms with Crippen molar-refractivity contribution in [1.29, 1.82) is 0 Å². The maximum atomic E-state index is 11.2. The van der Waals surface area contributed by atoms with Gasteiger partial charge in [0.1, 0.15) is 0 Å². The Morgan fingerprint density at radius 3 is 2.75 bits per heavy atom. The molecule has 1 fully saturated rings. The molecule has 1 aliphatic heterocycles. The van der Waals surface area contributed by atoms with Crippen LogP contribution in [-0.2, 0) is 4.79 Å². The van der Waals surface area contributed by atoms with E-state index in [4.69, 9.17) is 0 Å². The lowest BCUT2D eigenvalue weighted by molar-refractivity contribution is -0.114. The summed E-state index contributed by atoms with van der Waals surface area (Å²) in [5.41, 5.74) is 1.90. The monoisotopic (exact) mass is 333 g/mol. The fraction of sp³-hybridized carbons (Fsp3) is 0.632. The van der Waals surface area contributed by atoms with Crippen LogP contribution in [0.5, 0.6) is 0 Å². The van der Waals surface area contributed by atoms with Gasteiger partial charge in [0.2, 0.25) is 5.91 Å². The summed E-state index contributed by atoms with van der Waals surface area (Å²) >= 11 is 0. The Balaban J connectivity index is 1.77. The van der Waals surface area contributed by atoms with Crippen molar-refractivity contribution >= 4 is 11.6 Å². The molecule has 5 nitrogen and oxygen atoms in total. The zero-order chi connectivity index (χ0) is 17.5. The van der Waals surface area contributed by atoms with Gasteiger partial charge in [-0.15, -0.1) is 0 Å². The number of piperidine rings is 1. The second-order valence-electron chi connectivity index (χ2n) is 7.07. The summed E-state index contributed by atoms with van der Waals surface area (Å²) in [5.74, 6) is 0.742. The topological polar surface area (TPSA) is 64.6 Å². The Bertz CT molecular complexity index is 527. The molecule has 2 rings (SSSR count). The van der Waals surface area contributed by atoms with Gasteiger partial charge in [0.05, 0.1) is 6.10 Å². The van der Waals surface area contributed by atoms with Crippen LogP contribution in [-0.4, -0.2) is 48.2 Å². The molecule has 2 unspecified atom stereocenters. The van der Waals surface area contributed by atoms with Crippen molar-refractivity contribution in [1.82, 2.24) is 10.2 Å². The second kappa shape index (κ2) is 9.16. The van der Waals surface area contributed by atoms with Crippen LogP contribution in [0.3, 0.4) is 0 Å². The Hall–Kier alpha value is -1.43. The first-order valence-electron chi connectivity index (χ1n) is 8.95. The number of likely N-dealkylation sites (tertiary alicyclic amines) is 1. The lowest BCUT2D eigenvalue weighted by atomic mass is 9.99. The molecule has 0 bridgehead atoms. The van der Waals surface area contributed by atoms with E-state index in [1.165, 1.54) is 19.8 Å². The number of nitrogens with one attached hydrogen (secondary N) is 2. The molecule has 5 heteroatoms. The van der Waals surface area contributed by atoms with E-state index in [-0.39, 0.29) is 18.1 Å². The van der Waals surface area contributed by atoms with Crippen LogP contribution in [0.25, 0.3) is 0 Å². The number of nitrogens with zero attached hydrogens (tertiary/aromatic N) is 1. The van der Waals surface area contributed by atoms with Crippen molar-refractivity contribution in [2.75, 3.05) is 31.5 Å². The molecule has 24 heavy (non-hydrogen) atoms. The Morgan fingerprint density at radius 1 is 1.38 bits per heavy atom. The fourth-order valence-corrected chi connectivity index (χ4v) is 3.13. The van der Waals surface area contributed by atoms with Crippen molar-refractivity contribution in [2.45, 2.75) is 45.8 Å². The summed E-state index contributed by atoms with van der Waals surface area (Å²) in [5, 5.41) is 16.5. The SMILES string of the molecule is CC(=O)Nc1cccc(C(C)NCC(O)CN2CCC(C)CC2)c1. The molecule has 0 saturated carbocycles. The molecule has 0 aromatic heterocycles. The molecule has 1 aromatic rings. The molecule has 0 radical (unpaired) electrons. The minimum absolute atomic E-state index is 0.0703. The zero-order valence-corrected chi connectivity index (χ0v) is 15.1. The molecule has 1 aliphatic rings. The van der Waals surface area contributed by atoms with Crippen LogP contribution in [0.2, 0.25) is 0 Å². The molecular weight excluding hydrogens is 302 g/mol. The normalized spacial score (nSPS) is 19.0. The summed E-state index contributed by atoms with van der Waals surface area (Å²) < 4.78 is 0. The first-order chi connectivity index (χ1) is 11.4. The average Bonchev–Trinajstić information content (AvgIpc) is 2.54. The van der Waals surface area contributed by atoms with Crippen molar-refractivity contribution in [3.05, 3.63) is 29.8 Å². The molecule has 1 saturated heterocycles. The lowest BCUT2D eigenvalue weighted by Crippen LogP contribution is -2.42. The largest absolute Gasteiger partial charge is 0.390 e. The zero-order valence-electron chi connectivity index (χ0n) is 15.1. The predicted octanol–water partition coefficient (Wildman–Crippen LogP) is 2.39. The molecule has 0 spiro atoms. The summed E-state index contributed by atoms with van der Waals surface area (Å²) in [6.07, 6.45) is 2.10. The first kappa shape index (κ1) is 18.9. The molecule has 2 atom stereocenters. The van der Waals surface area contributed by atoms with Gasteiger partial charge in [-0.05, 0) is 56.5 Å². The van der Waals surface area contributed by atoms with E-state index in [0.717, 1.165) is 36.8 Å². The number of aliphatic hydroxyl groups is 1. The summed E-state index contributed by atoms with van der Waals surface area (Å²) in [6.45, 7) is 9.36. The smallest absolute Gasteiger partial charge is 0.221 e. The summed E-state index contributed by atoms with van der Waals surface area (Å²) in [4.78, 5) is 13.5. The van der Waals surface area contributed by atoms with Crippen LogP contribution in [0.4, 0.5) is 5.69 Å². The highest BCUT2D eigenvalue weighted by atomic mass is 16.3. The van der Waals surface area contributed by atoms with Gasteiger partial charge in [0.15, 0.2) is 0 Å². The number of hydrogen-bond acceptors (Lipinski definition) is 4. The van der Waals surface area contributed by atoms with E-state index in [9.17, 15) is 9.90 Å². The maximum absolute atomic E-state index is 11.2. The third-order valence-electron chi connectivity index (χ3n) is 4.71. The molecule has 3 N–H and O–H groups in total. The maximum Gasteiger partial charge on any atom is 0.221 e. The number of carbonyl (C=O) groups excluding carboxylic acids is 1. The molecule has 1 amide bonds. The second-order valence-corrected chi connectivity index (χ2v) is 7.07. The highest BCUT2D eigenvalue weighted by Gasteiger charge is 2.18. The highest BCUT2D eigenvalue weighted by molar-refractivity contribution is 5.88. The standard InChI is InChI=1S/C19H31N3O2/c1-14-7-9-22(10-8-14)13-19(24)12-20-15(2)17-5-4-6-18(11-17)21-16(3)23/h4-6,11,14-15,19-20,24H,7-10,12-13H2,1-3H3,(H,21,23). The molecule has 1 heterocycles. The van der Waals surface area contributed by atoms with Gasteiger partial charge >= 0.3 is 0 Å². The van der Waals surface area contributed by atoms with Gasteiger partial charge in [-0.25, -0.2) is 0 Å². The third-order valence-corrected chi connectivity index (χ3v) is 4.71. The van der Waals surface area contributed by atoms with Crippen LogP contribution < -0.4 is 10.6 Å². The minimum Gasteiger partial charge on any atom is -0.390 e. The minimum atomic E-state index is -0.362. The van der Waals surface area contributed by atoms with Gasteiger partial charge < -0.3 is 20.6 Å². The van der Waals surface area contributed by atoms with Crippen molar-refractivity contribution in [3.8, 4) is 0 Å². The third kappa shape index (κ3) is 6.23. The number of β-amino-alcohol motifs (C(OH)–C–C–N with tert-alkyl or cyclic N) is 1. The number of amides is 1. The number of carbonyl (C=O) groups is 1. The summed E-state index contributed by atoms with van der Waals surface area (Å²) in [6, 6.07) is 7.93. The van der Waals surface area contributed by atoms with Crippen LogP contribution in [0, 0.1) is 5.92 Å². The van der Waals surface area contributed by atoms with E-state index in [0.29, 0.717) is 6.54 Å². The van der Waals surface area contributed by atoms with Crippen LogP contribution in [0.15, 0.2) is 24.3 Å². The molecule has 1 aromatic carbocycles. The van der Waals surface area contributed by atoms with Crippen molar-refractivity contribution in [2.24, 2.45) is 5.92 Å². The molecule has 0 aliphatic carbocycles. The fourth-order valence-electron chi connectivity index (χ4n) is 3.13. The molecule has 134 valence electrons. The summed E-state index contributed by atoms with van der Waals surface area (Å²) in [7, 11) is 0. The van der Waals surface area contributed by atoms with E-state index in [1.807, 2.05) is 24.3 Å². The number of aliphatic hydroxyl groups excluding tert-OH is 1. The predicted molar refractivity (Wildman–Crippen MR) is 98.0 cm³/mol. The number of rotatable bonds is 7. The van der Waals surface area contributed by atoms with Crippen LogP contribution in [0.1, 0.15) is 45.2 Å². The molecular formula is C19H31N3O2. The van der Waals surface area contributed by atoms with Gasteiger partial charge in [-0.1, -0.05) is 19.1 Å². The quantitative estimate of drug-likeness (QED) is 0.717.